The number of hydrogen-bond acceptors (Lipinski definition) is 4. The SMILES string of the molecule is Cc1ccc(NS(=O)(=O)c2cccc(C(=O)N3CCCN(Cc4ccc(F)cc4)CC3)c2)cc1. The van der Waals surface area contributed by atoms with E-state index in [0.717, 1.165) is 24.1 Å². The molecule has 1 fully saturated rings. The first kappa shape index (κ1) is 23.9. The van der Waals surface area contributed by atoms with E-state index in [1.54, 1.807) is 41.3 Å². The van der Waals surface area contributed by atoms with Crippen LogP contribution in [-0.2, 0) is 16.6 Å². The lowest BCUT2D eigenvalue weighted by Crippen LogP contribution is -2.35. The van der Waals surface area contributed by atoms with Crippen molar-refractivity contribution in [2.24, 2.45) is 0 Å². The second-order valence-electron chi connectivity index (χ2n) is 8.55. The first-order valence-electron chi connectivity index (χ1n) is 11.3. The average Bonchev–Trinajstić information content (AvgIpc) is 3.07. The van der Waals surface area contributed by atoms with E-state index >= 15 is 0 Å². The number of aryl methyl sites for hydroxylation is 1. The summed E-state index contributed by atoms with van der Waals surface area (Å²) < 4.78 is 41.5. The molecule has 1 saturated heterocycles. The third-order valence-corrected chi connectivity index (χ3v) is 7.27. The lowest BCUT2D eigenvalue weighted by molar-refractivity contribution is 0.0761. The van der Waals surface area contributed by atoms with Crippen LogP contribution in [0.25, 0.3) is 0 Å². The number of carbonyl (C=O) groups is 1. The van der Waals surface area contributed by atoms with E-state index in [9.17, 15) is 17.6 Å². The van der Waals surface area contributed by atoms with Crippen LogP contribution >= 0.6 is 0 Å². The molecule has 0 bridgehead atoms. The Bertz CT molecular complexity index is 1250. The van der Waals surface area contributed by atoms with Crippen LogP contribution in [0.5, 0.6) is 0 Å². The smallest absolute Gasteiger partial charge is 0.261 e. The molecule has 3 aromatic rings. The predicted molar refractivity (Wildman–Crippen MR) is 131 cm³/mol. The molecule has 178 valence electrons. The van der Waals surface area contributed by atoms with Gasteiger partial charge in [-0.3, -0.25) is 14.4 Å². The van der Waals surface area contributed by atoms with Gasteiger partial charge in [-0.2, -0.15) is 0 Å². The van der Waals surface area contributed by atoms with Gasteiger partial charge in [0.2, 0.25) is 0 Å². The van der Waals surface area contributed by atoms with E-state index in [0.29, 0.717) is 37.4 Å². The highest BCUT2D eigenvalue weighted by Crippen LogP contribution is 2.19. The first-order valence-corrected chi connectivity index (χ1v) is 12.7. The Morgan fingerprint density at radius 1 is 0.941 bits per heavy atom. The quantitative estimate of drug-likeness (QED) is 0.571. The second kappa shape index (κ2) is 10.4. The molecule has 3 aromatic carbocycles. The van der Waals surface area contributed by atoms with Gasteiger partial charge in [-0.25, -0.2) is 12.8 Å². The number of nitrogens with zero attached hydrogens (tertiary/aromatic N) is 2. The summed E-state index contributed by atoms with van der Waals surface area (Å²) in [5.74, 6) is -0.439. The van der Waals surface area contributed by atoms with Crippen molar-refractivity contribution in [1.29, 1.82) is 0 Å². The van der Waals surface area contributed by atoms with Crippen LogP contribution in [0.15, 0.2) is 77.7 Å². The van der Waals surface area contributed by atoms with Crippen molar-refractivity contribution in [3.05, 3.63) is 95.3 Å². The number of amides is 1. The fraction of sp³-hybridized carbons (Fsp3) is 0.269. The molecule has 1 amide bonds. The summed E-state index contributed by atoms with van der Waals surface area (Å²) in [5.41, 5.74) is 2.87. The molecule has 8 heteroatoms. The number of nitrogens with one attached hydrogen (secondary N) is 1. The lowest BCUT2D eigenvalue weighted by atomic mass is 10.2. The van der Waals surface area contributed by atoms with Crippen LogP contribution in [0.2, 0.25) is 0 Å². The number of hydrogen-bond donors (Lipinski definition) is 1. The normalized spacial score (nSPS) is 15.1. The molecule has 1 aliphatic heterocycles. The summed E-state index contributed by atoms with van der Waals surface area (Å²) >= 11 is 0. The van der Waals surface area contributed by atoms with Crippen LogP contribution in [-0.4, -0.2) is 50.3 Å². The minimum Gasteiger partial charge on any atom is -0.337 e. The molecule has 4 rings (SSSR count). The Labute approximate surface area is 200 Å². The maximum absolute atomic E-state index is 13.2. The number of rotatable bonds is 6. The molecule has 0 radical (unpaired) electrons. The van der Waals surface area contributed by atoms with Gasteiger partial charge in [-0.05, 0) is 61.4 Å². The molecule has 6 nitrogen and oxygen atoms in total. The van der Waals surface area contributed by atoms with Gasteiger partial charge in [0, 0.05) is 44.0 Å². The van der Waals surface area contributed by atoms with Gasteiger partial charge in [0.1, 0.15) is 5.82 Å². The minimum atomic E-state index is -3.82. The number of anilines is 1. The van der Waals surface area contributed by atoms with Crippen molar-refractivity contribution < 1.29 is 17.6 Å². The monoisotopic (exact) mass is 481 g/mol. The molecule has 1 aliphatic rings. The fourth-order valence-electron chi connectivity index (χ4n) is 3.99. The summed E-state index contributed by atoms with van der Waals surface area (Å²) in [6, 6.07) is 19.7. The molecule has 0 aliphatic carbocycles. The van der Waals surface area contributed by atoms with Gasteiger partial charge in [-0.15, -0.1) is 0 Å². The van der Waals surface area contributed by atoms with Crippen LogP contribution < -0.4 is 4.72 Å². The zero-order chi connectivity index (χ0) is 24.1. The predicted octanol–water partition coefficient (Wildman–Crippen LogP) is 4.28. The van der Waals surface area contributed by atoms with Gasteiger partial charge in [0.15, 0.2) is 0 Å². The largest absolute Gasteiger partial charge is 0.337 e. The van der Waals surface area contributed by atoms with Crippen LogP contribution in [0, 0.1) is 12.7 Å². The Morgan fingerprint density at radius 3 is 2.41 bits per heavy atom. The summed E-state index contributed by atoms with van der Waals surface area (Å²) in [6.45, 7) is 5.28. The number of halogens is 1. The number of carbonyl (C=O) groups excluding carboxylic acids is 1. The highest BCUT2D eigenvalue weighted by atomic mass is 32.2. The zero-order valence-corrected chi connectivity index (χ0v) is 19.9. The van der Waals surface area contributed by atoms with Crippen molar-refractivity contribution >= 4 is 21.6 Å². The number of benzene rings is 3. The van der Waals surface area contributed by atoms with Crippen molar-refractivity contribution in [3.63, 3.8) is 0 Å². The molecular formula is C26H28FN3O3S. The van der Waals surface area contributed by atoms with Gasteiger partial charge >= 0.3 is 0 Å². The summed E-state index contributed by atoms with van der Waals surface area (Å²) in [4.78, 5) is 17.2. The number of sulfonamides is 1. The van der Waals surface area contributed by atoms with E-state index in [2.05, 4.69) is 9.62 Å². The molecule has 0 unspecified atom stereocenters. The molecule has 34 heavy (non-hydrogen) atoms. The molecule has 1 N–H and O–H groups in total. The third-order valence-electron chi connectivity index (χ3n) is 5.89. The van der Waals surface area contributed by atoms with Gasteiger partial charge in [-0.1, -0.05) is 35.9 Å². The van der Waals surface area contributed by atoms with Gasteiger partial charge in [0.05, 0.1) is 4.90 Å². The molecule has 1 heterocycles. The highest BCUT2D eigenvalue weighted by molar-refractivity contribution is 7.92. The Kier molecular flexibility index (Phi) is 7.29. The highest BCUT2D eigenvalue weighted by Gasteiger charge is 2.22. The van der Waals surface area contributed by atoms with Crippen LogP contribution in [0.4, 0.5) is 10.1 Å². The molecule has 0 spiro atoms. The fourth-order valence-corrected chi connectivity index (χ4v) is 5.10. The molecule has 0 saturated carbocycles. The maximum atomic E-state index is 13.2. The van der Waals surface area contributed by atoms with Gasteiger partial charge in [0.25, 0.3) is 15.9 Å². The van der Waals surface area contributed by atoms with Crippen LogP contribution in [0.3, 0.4) is 0 Å². The van der Waals surface area contributed by atoms with Crippen molar-refractivity contribution in [1.82, 2.24) is 9.80 Å². The standard InChI is InChI=1S/C26H28FN3O3S/c1-20-6-12-24(13-7-20)28-34(32,33)25-5-2-4-22(18-25)26(31)30-15-3-14-29(16-17-30)19-21-8-10-23(27)11-9-21/h2,4-13,18,28H,3,14-17,19H2,1H3. The van der Waals surface area contributed by atoms with Crippen LogP contribution in [0.1, 0.15) is 27.9 Å². The van der Waals surface area contributed by atoms with E-state index in [-0.39, 0.29) is 16.6 Å². The van der Waals surface area contributed by atoms with E-state index in [4.69, 9.17) is 0 Å². The Morgan fingerprint density at radius 2 is 1.68 bits per heavy atom. The van der Waals surface area contributed by atoms with E-state index < -0.39 is 10.0 Å². The van der Waals surface area contributed by atoms with Crippen molar-refractivity contribution in [2.75, 3.05) is 30.9 Å². The first-order chi connectivity index (χ1) is 16.3. The minimum absolute atomic E-state index is 0.0479. The Hall–Kier alpha value is -3.23. The topological polar surface area (TPSA) is 69.7 Å². The van der Waals surface area contributed by atoms with Crippen molar-refractivity contribution in [3.8, 4) is 0 Å². The Balaban J connectivity index is 1.42. The molecular weight excluding hydrogens is 453 g/mol. The average molecular weight is 482 g/mol. The second-order valence-corrected chi connectivity index (χ2v) is 10.2. The summed E-state index contributed by atoms with van der Waals surface area (Å²) in [6.07, 6.45) is 0.805. The zero-order valence-electron chi connectivity index (χ0n) is 19.1. The van der Waals surface area contributed by atoms with Crippen molar-refractivity contribution in [2.45, 2.75) is 24.8 Å². The van der Waals surface area contributed by atoms with Gasteiger partial charge < -0.3 is 4.90 Å². The lowest BCUT2D eigenvalue weighted by Gasteiger charge is -2.22. The summed E-state index contributed by atoms with van der Waals surface area (Å²) in [7, 11) is -3.82. The van der Waals surface area contributed by atoms with E-state index in [1.807, 2.05) is 19.1 Å². The maximum Gasteiger partial charge on any atom is 0.261 e. The molecule has 0 aromatic heterocycles. The summed E-state index contributed by atoms with van der Waals surface area (Å²) in [5, 5.41) is 0. The molecule has 0 atom stereocenters. The van der Waals surface area contributed by atoms with E-state index in [1.165, 1.54) is 24.3 Å². The third kappa shape index (κ3) is 6.01.